The lowest BCUT2D eigenvalue weighted by molar-refractivity contribution is 1.04. The van der Waals surface area contributed by atoms with Crippen LogP contribution in [0.25, 0.3) is 0 Å². The van der Waals surface area contributed by atoms with E-state index in [9.17, 15) is 0 Å². The highest BCUT2D eigenvalue weighted by Crippen LogP contribution is 2.11. The molecule has 0 unspecified atom stereocenters. The molecule has 0 fully saturated rings. The molecule has 1 aromatic heterocycles. The predicted molar refractivity (Wildman–Crippen MR) is 74.8 cm³/mol. The summed E-state index contributed by atoms with van der Waals surface area (Å²) in [5, 5.41) is 4.11. The number of nitrogens with one attached hydrogen (secondary N) is 1. The summed E-state index contributed by atoms with van der Waals surface area (Å²) >= 11 is 6.42. The van der Waals surface area contributed by atoms with E-state index in [2.05, 4.69) is 54.5 Å². The summed E-state index contributed by atoms with van der Waals surface area (Å²) in [5.74, 6) is 0. The first-order valence-corrected chi connectivity index (χ1v) is 9.31. The number of nitrogens with two attached hydrogens (primary N) is 1. The fourth-order valence-corrected chi connectivity index (χ4v) is 3.83. The standard InChI is InChI=1S/C9H15N3S2Si/c1-15(2,3)8-5-4-7(14-8)6-11-12-9(10)13/h4-6H,1-3H3,(H3,10,12,13). The second-order valence-electron chi connectivity index (χ2n) is 4.19. The van der Waals surface area contributed by atoms with Crippen LogP contribution in [0.15, 0.2) is 17.2 Å². The molecule has 0 radical (unpaired) electrons. The van der Waals surface area contributed by atoms with Crippen LogP contribution in [0.1, 0.15) is 4.88 Å². The highest BCUT2D eigenvalue weighted by atomic mass is 32.1. The van der Waals surface area contributed by atoms with Crippen LogP contribution >= 0.6 is 23.6 Å². The molecule has 0 spiro atoms. The SMILES string of the molecule is C[Si](C)(C)c1ccc(C=NNC(N)=S)s1. The number of hydrogen-bond donors (Lipinski definition) is 2. The van der Waals surface area contributed by atoms with Gasteiger partial charge in [0.2, 0.25) is 0 Å². The van der Waals surface area contributed by atoms with Gasteiger partial charge in [-0.2, -0.15) is 5.10 Å². The van der Waals surface area contributed by atoms with Crippen molar-refractivity contribution in [3.8, 4) is 0 Å². The maximum Gasteiger partial charge on any atom is 0.184 e. The van der Waals surface area contributed by atoms with Crippen LogP contribution in [-0.2, 0) is 0 Å². The van der Waals surface area contributed by atoms with E-state index in [0.29, 0.717) is 0 Å². The van der Waals surface area contributed by atoms with Gasteiger partial charge in [-0.3, -0.25) is 5.43 Å². The first-order chi connectivity index (χ1) is 6.89. The Morgan fingerprint density at radius 1 is 1.53 bits per heavy atom. The molecule has 0 atom stereocenters. The Labute approximate surface area is 100 Å². The second kappa shape index (κ2) is 4.87. The fourth-order valence-electron chi connectivity index (χ4n) is 0.985. The first kappa shape index (κ1) is 12.3. The van der Waals surface area contributed by atoms with Crippen molar-refractivity contribution >= 4 is 47.5 Å². The summed E-state index contributed by atoms with van der Waals surface area (Å²) < 4.78 is 1.47. The second-order valence-corrected chi connectivity index (χ2v) is 11.1. The van der Waals surface area contributed by atoms with E-state index < -0.39 is 8.07 Å². The van der Waals surface area contributed by atoms with Gasteiger partial charge in [-0.1, -0.05) is 25.7 Å². The molecule has 82 valence electrons. The van der Waals surface area contributed by atoms with Gasteiger partial charge in [0.1, 0.15) is 0 Å². The minimum atomic E-state index is -1.19. The van der Waals surface area contributed by atoms with Crippen LogP contribution in [0.5, 0.6) is 0 Å². The Balaban J connectivity index is 2.69. The number of nitrogens with zero attached hydrogens (tertiary/aromatic N) is 1. The Hall–Kier alpha value is -0.723. The van der Waals surface area contributed by atoms with Crippen LogP contribution in [-0.4, -0.2) is 19.4 Å². The van der Waals surface area contributed by atoms with E-state index in [4.69, 9.17) is 5.73 Å². The van der Waals surface area contributed by atoms with Crippen molar-refractivity contribution in [3.63, 3.8) is 0 Å². The topological polar surface area (TPSA) is 50.4 Å². The molecule has 0 aliphatic rings. The van der Waals surface area contributed by atoms with E-state index in [1.54, 1.807) is 17.6 Å². The Kier molecular flexibility index (Phi) is 4.01. The summed E-state index contributed by atoms with van der Waals surface area (Å²) in [5.41, 5.74) is 7.79. The number of hydrazone groups is 1. The van der Waals surface area contributed by atoms with Crippen molar-refractivity contribution < 1.29 is 0 Å². The third-order valence-corrected chi connectivity index (χ3v) is 6.45. The van der Waals surface area contributed by atoms with Gasteiger partial charge in [-0.25, -0.2) is 0 Å². The largest absolute Gasteiger partial charge is 0.375 e. The number of thiocarbonyl (C=S) groups is 1. The van der Waals surface area contributed by atoms with Crippen molar-refractivity contribution in [2.75, 3.05) is 0 Å². The van der Waals surface area contributed by atoms with Crippen LogP contribution in [0.2, 0.25) is 19.6 Å². The van der Waals surface area contributed by atoms with Crippen molar-refractivity contribution in [2.45, 2.75) is 19.6 Å². The smallest absolute Gasteiger partial charge is 0.184 e. The lowest BCUT2D eigenvalue weighted by Gasteiger charge is -2.11. The van der Waals surface area contributed by atoms with Gasteiger partial charge in [-0.15, -0.1) is 11.3 Å². The van der Waals surface area contributed by atoms with E-state index in [0.717, 1.165) is 4.88 Å². The quantitative estimate of drug-likeness (QED) is 0.373. The van der Waals surface area contributed by atoms with Gasteiger partial charge < -0.3 is 5.73 Å². The molecular formula is C9H15N3S2Si. The summed E-state index contributed by atoms with van der Waals surface area (Å²) in [6.07, 6.45) is 1.74. The zero-order valence-electron chi connectivity index (χ0n) is 9.07. The average Bonchev–Trinajstić information content (AvgIpc) is 2.51. The minimum absolute atomic E-state index is 0.188. The van der Waals surface area contributed by atoms with Gasteiger partial charge in [-0.05, 0) is 22.8 Å². The lowest BCUT2D eigenvalue weighted by Crippen LogP contribution is -2.34. The fraction of sp³-hybridized carbons (Fsp3) is 0.333. The zero-order chi connectivity index (χ0) is 11.5. The van der Waals surface area contributed by atoms with Gasteiger partial charge >= 0.3 is 0 Å². The Morgan fingerprint density at radius 2 is 2.20 bits per heavy atom. The lowest BCUT2D eigenvalue weighted by atomic mass is 10.5. The van der Waals surface area contributed by atoms with E-state index >= 15 is 0 Å². The molecule has 15 heavy (non-hydrogen) atoms. The molecule has 0 aromatic carbocycles. The molecule has 0 saturated carbocycles. The first-order valence-electron chi connectivity index (χ1n) is 4.58. The predicted octanol–water partition coefficient (Wildman–Crippen LogP) is 1.46. The Bertz CT molecular complexity index is 379. The molecule has 1 rings (SSSR count). The molecule has 0 bridgehead atoms. The molecule has 0 aliphatic heterocycles. The monoisotopic (exact) mass is 257 g/mol. The van der Waals surface area contributed by atoms with Crippen molar-refractivity contribution in [3.05, 3.63) is 17.0 Å². The summed E-state index contributed by atoms with van der Waals surface area (Å²) in [4.78, 5) is 1.12. The Morgan fingerprint density at radius 3 is 2.67 bits per heavy atom. The van der Waals surface area contributed by atoms with E-state index in [1.165, 1.54) is 4.50 Å². The summed E-state index contributed by atoms with van der Waals surface area (Å²) in [7, 11) is -1.19. The molecule has 0 aliphatic carbocycles. The normalized spacial score (nSPS) is 11.9. The van der Waals surface area contributed by atoms with Gasteiger partial charge in [0.15, 0.2) is 5.11 Å². The third kappa shape index (κ3) is 4.11. The van der Waals surface area contributed by atoms with Crippen molar-refractivity contribution in [2.24, 2.45) is 10.8 Å². The van der Waals surface area contributed by atoms with Crippen molar-refractivity contribution in [1.29, 1.82) is 0 Å². The number of thiophene rings is 1. The molecule has 6 heteroatoms. The highest BCUT2D eigenvalue weighted by molar-refractivity contribution is 7.80. The van der Waals surface area contributed by atoms with Gasteiger partial charge in [0.25, 0.3) is 0 Å². The zero-order valence-corrected chi connectivity index (χ0v) is 11.7. The molecule has 0 amide bonds. The highest BCUT2D eigenvalue weighted by Gasteiger charge is 2.17. The molecule has 1 heterocycles. The summed E-state index contributed by atoms with van der Waals surface area (Å²) in [6, 6.07) is 4.25. The maximum absolute atomic E-state index is 5.25. The molecule has 0 saturated heterocycles. The van der Waals surface area contributed by atoms with Crippen molar-refractivity contribution in [1.82, 2.24) is 5.43 Å². The maximum atomic E-state index is 5.25. The average molecular weight is 257 g/mol. The molecule has 3 N–H and O–H groups in total. The van der Waals surface area contributed by atoms with Crippen LogP contribution < -0.4 is 15.7 Å². The number of rotatable bonds is 3. The van der Waals surface area contributed by atoms with E-state index in [-0.39, 0.29) is 5.11 Å². The van der Waals surface area contributed by atoms with E-state index in [1.807, 2.05) is 0 Å². The van der Waals surface area contributed by atoms with Gasteiger partial charge in [0.05, 0.1) is 14.3 Å². The van der Waals surface area contributed by atoms with Crippen LogP contribution in [0.4, 0.5) is 0 Å². The third-order valence-electron chi connectivity index (χ3n) is 1.73. The summed E-state index contributed by atoms with van der Waals surface area (Å²) in [6.45, 7) is 6.98. The molecule has 3 nitrogen and oxygen atoms in total. The molecule has 1 aromatic rings. The molecular weight excluding hydrogens is 242 g/mol. The van der Waals surface area contributed by atoms with Gasteiger partial charge in [0, 0.05) is 4.88 Å². The van der Waals surface area contributed by atoms with Crippen LogP contribution in [0.3, 0.4) is 0 Å². The number of hydrogen-bond acceptors (Lipinski definition) is 3. The minimum Gasteiger partial charge on any atom is -0.375 e. The van der Waals surface area contributed by atoms with Crippen LogP contribution in [0, 0.1) is 0 Å².